The van der Waals surface area contributed by atoms with Gasteiger partial charge in [-0.1, -0.05) is 0 Å². The Kier molecular flexibility index (Phi) is 5.23. The molecule has 23 heavy (non-hydrogen) atoms. The quantitative estimate of drug-likeness (QED) is 0.765. The van der Waals surface area contributed by atoms with Crippen LogP contribution in [0.1, 0.15) is 17.3 Å². The van der Waals surface area contributed by atoms with E-state index in [1.165, 1.54) is 4.57 Å². The van der Waals surface area contributed by atoms with Crippen molar-refractivity contribution >= 4 is 29.3 Å². The van der Waals surface area contributed by atoms with Gasteiger partial charge in [-0.15, -0.1) is 12.4 Å². The van der Waals surface area contributed by atoms with E-state index in [1.807, 2.05) is 0 Å². The third-order valence-corrected chi connectivity index (χ3v) is 3.94. The number of aromatic nitrogens is 2. The smallest absolute Gasteiger partial charge is 0.316 e. The maximum Gasteiger partial charge on any atom is 0.316 e. The first-order valence-corrected chi connectivity index (χ1v) is 7.38. The summed E-state index contributed by atoms with van der Waals surface area (Å²) < 4.78 is 1.41. The lowest BCUT2D eigenvalue weighted by atomic mass is 10.1. The maximum absolute atomic E-state index is 12.5. The Labute approximate surface area is 138 Å². The highest BCUT2D eigenvalue weighted by Crippen LogP contribution is 2.14. The summed E-state index contributed by atoms with van der Waals surface area (Å²) >= 11 is 0. The molecule has 1 fully saturated rings. The largest absolute Gasteiger partial charge is 0.336 e. The maximum atomic E-state index is 12.5. The molecule has 2 N–H and O–H groups in total. The van der Waals surface area contributed by atoms with Gasteiger partial charge in [-0.25, -0.2) is 0 Å². The number of aryl methyl sites for hydroxylation is 1. The van der Waals surface area contributed by atoms with Crippen LogP contribution in [0.5, 0.6) is 0 Å². The zero-order chi connectivity index (χ0) is 15.7. The van der Waals surface area contributed by atoms with E-state index in [2.05, 4.69) is 10.3 Å². The average molecular weight is 339 g/mol. The number of carbonyl (C=O) groups excluding carboxylic acids is 1. The van der Waals surface area contributed by atoms with Crippen molar-refractivity contribution in [1.82, 2.24) is 19.8 Å². The molecule has 1 aromatic heterocycles. The average Bonchev–Trinajstić information content (AvgIpc) is 2.56. The zero-order valence-corrected chi connectivity index (χ0v) is 13.6. The molecule has 1 aliphatic rings. The van der Waals surface area contributed by atoms with Crippen molar-refractivity contribution in [3.05, 3.63) is 44.5 Å². The first-order valence-electron chi connectivity index (χ1n) is 7.38. The summed E-state index contributed by atoms with van der Waals surface area (Å²) in [5.74, 6) is -0.0569. The fourth-order valence-corrected chi connectivity index (χ4v) is 2.78. The number of carbonyl (C=O) groups is 1. The van der Waals surface area contributed by atoms with E-state index in [4.69, 9.17) is 0 Å². The van der Waals surface area contributed by atoms with Gasteiger partial charge in [-0.05, 0) is 25.1 Å². The molecule has 1 amide bonds. The minimum absolute atomic E-state index is 0. The summed E-state index contributed by atoms with van der Waals surface area (Å²) in [6, 6.07) is 5.06. The highest BCUT2D eigenvalue weighted by Gasteiger charge is 2.18. The fraction of sp³-hybridized carbons (Fsp3) is 0.400. The number of aromatic amines is 1. The van der Waals surface area contributed by atoms with Crippen LogP contribution < -0.4 is 16.4 Å². The zero-order valence-electron chi connectivity index (χ0n) is 12.8. The molecule has 8 heteroatoms. The predicted molar refractivity (Wildman–Crippen MR) is 90.5 cm³/mol. The second-order valence-corrected chi connectivity index (χ2v) is 5.28. The van der Waals surface area contributed by atoms with Crippen LogP contribution in [0, 0.1) is 0 Å². The lowest BCUT2D eigenvalue weighted by Crippen LogP contribution is -2.46. The van der Waals surface area contributed by atoms with Gasteiger partial charge in [-0.2, -0.15) is 0 Å². The van der Waals surface area contributed by atoms with Crippen molar-refractivity contribution in [3.63, 3.8) is 0 Å². The molecule has 2 heterocycles. The van der Waals surface area contributed by atoms with Crippen molar-refractivity contribution in [3.8, 4) is 0 Å². The molecule has 0 bridgehead atoms. The number of nitrogens with one attached hydrogen (secondary N) is 2. The van der Waals surface area contributed by atoms with Crippen molar-refractivity contribution in [2.45, 2.75) is 13.5 Å². The Balaban J connectivity index is 0.00000192. The molecular formula is C15H19ClN4O3. The van der Waals surface area contributed by atoms with E-state index in [0.29, 0.717) is 36.2 Å². The summed E-state index contributed by atoms with van der Waals surface area (Å²) in [6.45, 7) is 5.12. The van der Waals surface area contributed by atoms with Crippen molar-refractivity contribution in [2.24, 2.45) is 0 Å². The van der Waals surface area contributed by atoms with Crippen LogP contribution in [0.25, 0.3) is 11.0 Å². The van der Waals surface area contributed by atoms with Gasteiger partial charge in [0.25, 0.3) is 5.91 Å². The lowest BCUT2D eigenvalue weighted by molar-refractivity contribution is 0.0736. The molecule has 0 saturated carbocycles. The summed E-state index contributed by atoms with van der Waals surface area (Å²) in [4.78, 5) is 40.3. The SMILES string of the molecule is CCn1c(=O)c(=O)[nH]c2cc(C(=O)N3CCNCC3)ccc21.Cl. The van der Waals surface area contributed by atoms with Crippen molar-refractivity contribution in [2.75, 3.05) is 26.2 Å². The molecule has 0 spiro atoms. The van der Waals surface area contributed by atoms with Crippen molar-refractivity contribution in [1.29, 1.82) is 0 Å². The molecule has 2 aromatic rings. The Hall–Kier alpha value is -2.12. The number of H-pyrrole nitrogens is 1. The van der Waals surface area contributed by atoms with Gasteiger partial charge in [0, 0.05) is 38.3 Å². The van der Waals surface area contributed by atoms with Crippen LogP contribution in [0.2, 0.25) is 0 Å². The number of halogens is 1. The summed E-state index contributed by atoms with van der Waals surface area (Å²) in [5, 5.41) is 3.20. The molecular weight excluding hydrogens is 320 g/mol. The highest BCUT2D eigenvalue weighted by atomic mass is 35.5. The van der Waals surface area contributed by atoms with E-state index in [9.17, 15) is 14.4 Å². The summed E-state index contributed by atoms with van der Waals surface area (Å²) in [6.07, 6.45) is 0. The molecule has 3 rings (SSSR count). The minimum Gasteiger partial charge on any atom is -0.336 e. The minimum atomic E-state index is -0.666. The van der Waals surface area contributed by atoms with Crippen LogP contribution in [-0.2, 0) is 6.54 Å². The van der Waals surface area contributed by atoms with Crippen LogP contribution in [0.4, 0.5) is 0 Å². The number of nitrogens with zero attached hydrogens (tertiary/aromatic N) is 2. The van der Waals surface area contributed by atoms with Gasteiger partial charge in [0.1, 0.15) is 0 Å². The monoisotopic (exact) mass is 338 g/mol. The van der Waals surface area contributed by atoms with Crippen LogP contribution in [0.3, 0.4) is 0 Å². The molecule has 0 unspecified atom stereocenters. The van der Waals surface area contributed by atoms with E-state index >= 15 is 0 Å². The van der Waals surface area contributed by atoms with Crippen LogP contribution in [-0.4, -0.2) is 46.5 Å². The third kappa shape index (κ3) is 3.16. The number of hydrogen-bond donors (Lipinski definition) is 2. The molecule has 1 aliphatic heterocycles. The molecule has 124 valence electrons. The standard InChI is InChI=1S/C15H18N4O3.ClH/c1-2-19-12-4-3-10(9-11(12)17-13(20)15(19)22)14(21)18-7-5-16-6-8-18;/h3-4,9,16H,2,5-8H2,1H3,(H,17,20);1H. The van der Waals surface area contributed by atoms with Crippen LogP contribution >= 0.6 is 12.4 Å². The van der Waals surface area contributed by atoms with Gasteiger partial charge >= 0.3 is 11.1 Å². The Morgan fingerprint density at radius 1 is 1.22 bits per heavy atom. The van der Waals surface area contributed by atoms with E-state index in [1.54, 1.807) is 30.0 Å². The first-order chi connectivity index (χ1) is 10.6. The second-order valence-electron chi connectivity index (χ2n) is 5.28. The van der Waals surface area contributed by atoms with Gasteiger partial charge in [0.15, 0.2) is 0 Å². The molecule has 0 atom stereocenters. The number of hydrogen-bond acceptors (Lipinski definition) is 4. The number of piperazine rings is 1. The molecule has 0 radical (unpaired) electrons. The summed E-state index contributed by atoms with van der Waals surface area (Å²) in [5.41, 5.74) is 0.417. The Bertz CT molecular complexity index is 837. The van der Waals surface area contributed by atoms with E-state index < -0.39 is 11.1 Å². The van der Waals surface area contributed by atoms with Gasteiger partial charge in [-0.3, -0.25) is 14.4 Å². The highest BCUT2D eigenvalue weighted by molar-refractivity contribution is 5.97. The number of fused-ring (bicyclic) bond motifs is 1. The number of rotatable bonds is 2. The second kappa shape index (κ2) is 6.97. The molecule has 0 aliphatic carbocycles. The molecule has 1 saturated heterocycles. The third-order valence-electron chi connectivity index (χ3n) is 3.94. The predicted octanol–water partition coefficient (Wildman–Crippen LogP) is 0.177. The van der Waals surface area contributed by atoms with E-state index in [-0.39, 0.29) is 18.3 Å². The Morgan fingerprint density at radius 3 is 2.57 bits per heavy atom. The topological polar surface area (TPSA) is 87.2 Å². The van der Waals surface area contributed by atoms with Gasteiger partial charge in [0.05, 0.1) is 11.0 Å². The number of benzene rings is 1. The van der Waals surface area contributed by atoms with Crippen LogP contribution in [0.15, 0.2) is 27.8 Å². The van der Waals surface area contributed by atoms with Gasteiger partial charge in [0.2, 0.25) is 0 Å². The summed E-state index contributed by atoms with van der Waals surface area (Å²) in [7, 11) is 0. The van der Waals surface area contributed by atoms with E-state index in [0.717, 1.165) is 13.1 Å². The first kappa shape index (κ1) is 17.2. The Morgan fingerprint density at radius 2 is 1.91 bits per heavy atom. The van der Waals surface area contributed by atoms with Crippen molar-refractivity contribution < 1.29 is 4.79 Å². The lowest BCUT2D eigenvalue weighted by Gasteiger charge is -2.27. The molecule has 1 aromatic carbocycles. The fourth-order valence-electron chi connectivity index (χ4n) is 2.78. The number of amides is 1. The normalized spacial score (nSPS) is 14.6. The van der Waals surface area contributed by atoms with Gasteiger partial charge < -0.3 is 19.8 Å². The molecule has 7 nitrogen and oxygen atoms in total.